The van der Waals surface area contributed by atoms with E-state index in [9.17, 15) is 19.5 Å². The van der Waals surface area contributed by atoms with Crippen molar-refractivity contribution in [1.82, 2.24) is 19.1 Å². The Kier molecular flexibility index (Phi) is 2.05. The average Bonchev–Trinajstić information content (AvgIpc) is 3.42. The minimum atomic E-state index is -4.97. The first kappa shape index (κ1) is 7.06. The standard InChI is InChI=1S/C23H36N4O4/c1-5-14-26-18-17(19(30)27(15-6-2)21(26)31)24-20(25-18)22(4)10-12-23(7-3,13-11-22)9-8-16(28)29/h5-15H2,1-4H3,(H,24,25)(H,28,29)/i2D3,3D2,5D2,6D2,7D2,8D2,9D2,10D2,11D2,12D2,13D2,15D2. The zero-order valence-electron chi connectivity index (χ0n) is 41.3. The summed E-state index contributed by atoms with van der Waals surface area (Å²) < 4.78 is 209. The molecule has 0 radical (unpaired) electrons. The van der Waals surface area contributed by atoms with Gasteiger partial charge in [-0.25, -0.2) is 9.78 Å². The van der Waals surface area contributed by atoms with Crippen LogP contribution in [0.2, 0.25) is 0 Å². The van der Waals surface area contributed by atoms with E-state index in [1.54, 1.807) is 0 Å². The minimum absolute atomic E-state index is 0.124. The topological polar surface area (TPSA) is 110 Å². The molecule has 172 valence electrons. The number of hydrogen-bond acceptors (Lipinski definition) is 4. The normalized spacial score (nSPS) is 45.7. The molecule has 1 saturated carbocycles. The molecule has 1 aliphatic carbocycles. The van der Waals surface area contributed by atoms with Crippen LogP contribution in [0.5, 0.6) is 0 Å². The highest BCUT2D eigenvalue weighted by Crippen LogP contribution is 2.50. The second-order valence-corrected chi connectivity index (χ2v) is 6.46. The Balaban J connectivity index is 2.75. The van der Waals surface area contributed by atoms with Crippen molar-refractivity contribution in [2.24, 2.45) is 5.41 Å². The van der Waals surface area contributed by atoms with Gasteiger partial charge in [-0.1, -0.05) is 33.9 Å². The Hall–Kier alpha value is -2.38. The van der Waals surface area contributed by atoms with Gasteiger partial charge in [-0.15, -0.1) is 0 Å². The van der Waals surface area contributed by atoms with E-state index in [4.69, 9.17) is 34.3 Å². The number of aliphatic carboxylic acids is 1. The van der Waals surface area contributed by atoms with Gasteiger partial charge in [0, 0.05) is 56.4 Å². The van der Waals surface area contributed by atoms with E-state index in [1.807, 2.05) is 4.98 Å². The maximum Gasteiger partial charge on any atom is 0.332 e. The first-order chi connectivity index (χ1) is 24.3. The van der Waals surface area contributed by atoms with Gasteiger partial charge in [0.25, 0.3) is 5.56 Å². The molecule has 0 spiro atoms. The number of carboxylic acids is 1. The molecule has 0 bridgehead atoms. The molecular weight excluding hydrogens is 396 g/mol. The largest absolute Gasteiger partial charge is 0.481 e. The molecule has 8 heteroatoms. The lowest BCUT2D eigenvalue weighted by Gasteiger charge is -2.44. The van der Waals surface area contributed by atoms with Crippen LogP contribution in [0, 0.1) is 5.41 Å². The van der Waals surface area contributed by atoms with Gasteiger partial charge in [-0.05, 0) is 50.0 Å². The van der Waals surface area contributed by atoms with Crippen LogP contribution in [0.1, 0.15) is 125 Å². The Bertz CT molecular complexity index is 2010. The van der Waals surface area contributed by atoms with E-state index in [2.05, 4.69) is 4.98 Å². The van der Waals surface area contributed by atoms with Gasteiger partial charge in [-0.3, -0.25) is 18.7 Å². The van der Waals surface area contributed by atoms with Crippen molar-refractivity contribution < 1.29 is 44.2 Å². The number of nitrogens with one attached hydrogen (secondary N) is 1. The lowest BCUT2D eigenvalue weighted by atomic mass is 9.61. The van der Waals surface area contributed by atoms with Crippen LogP contribution >= 0.6 is 0 Å². The number of fused-ring (bicyclic) bond motifs is 1. The summed E-state index contributed by atoms with van der Waals surface area (Å²) in [4.78, 5) is 45.6. The maximum absolute atomic E-state index is 13.9. The van der Waals surface area contributed by atoms with E-state index in [1.165, 1.54) is 0 Å². The molecule has 0 saturated heterocycles. The van der Waals surface area contributed by atoms with Crippen molar-refractivity contribution in [1.29, 1.82) is 0 Å². The number of aromatic nitrogens is 4. The summed E-state index contributed by atoms with van der Waals surface area (Å²) in [6.45, 7) is -11.4. The zero-order chi connectivity index (χ0) is 44.8. The first-order valence-corrected chi connectivity index (χ1v) is 8.61. The van der Waals surface area contributed by atoms with Crippen LogP contribution in [-0.4, -0.2) is 30.2 Å². The van der Waals surface area contributed by atoms with Gasteiger partial charge in [0.1, 0.15) is 11.3 Å². The van der Waals surface area contributed by atoms with Crippen molar-refractivity contribution in [3.63, 3.8) is 0 Å². The number of carbonyl (C=O) groups is 1. The van der Waals surface area contributed by atoms with Crippen LogP contribution in [-0.2, 0) is 23.3 Å². The molecule has 3 rings (SSSR count). The summed E-state index contributed by atoms with van der Waals surface area (Å²) in [5, 5.41) is 9.67. The molecule has 0 atom stereocenters. The molecule has 2 heterocycles. The number of imidazole rings is 1. The van der Waals surface area contributed by atoms with Crippen LogP contribution in [0.3, 0.4) is 0 Å². The molecule has 8 nitrogen and oxygen atoms in total. The van der Waals surface area contributed by atoms with Crippen molar-refractivity contribution in [2.75, 3.05) is 0 Å². The molecule has 0 aromatic carbocycles. The van der Waals surface area contributed by atoms with Gasteiger partial charge in [-0.2, -0.15) is 0 Å². The molecule has 31 heavy (non-hydrogen) atoms. The molecule has 0 amide bonds. The van der Waals surface area contributed by atoms with Gasteiger partial charge in [0.2, 0.25) is 0 Å². The highest BCUT2D eigenvalue weighted by atomic mass is 16.4. The van der Waals surface area contributed by atoms with Gasteiger partial charge >= 0.3 is 11.7 Å². The van der Waals surface area contributed by atoms with Gasteiger partial charge in [0.15, 0.2) is 5.65 Å². The van der Waals surface area contributed by atoms with Gasteiger partial charge < -0.3 is 10.1 Å². The first-order valence-electron chi connectivity index (χ1n) is 21.3. The Labute approximate surface area is 217 Å². The maximum atomic E-state index is 13.9. The fourth-order valence-corrected chi connectivity index (χ4v) is 2.75. The van der Waals surface area contributed by atoms with Crippen LogP contribution < -0.4 is 11.2 Å². The Morgan fingerprint density at radius 2 is 2.03 bits per heavy atom. The van der Waals surface area contributed by atoms with Crippen LogP contribution in [0.25, 0.3) is 11.2 Å². The number of aryl methyl sites for hydroxylation is 1. The molecule has 0 aliphatic heterocycles. The number of H-pyrrole nitrogens is 1. The highest BCUT2D eigenvalue weighted by molar-refractivity contribution is 5.70. The number of nitrogens with zero attached hydrogens (tertiary/aromatic N) is 3. The van der Waals surface area contributed by atoms with Gasteiger partial charge in [0.05, 0.1) is 2.74 Å². The second kappa shape index (κ2) is 9.01. The summed E-state index contributed by atoms with van der Waals surface area (Å²) in [5.74, 6) is -4.27. The number of rotatable bonds is 9. The van der Waals surface area contributed by atoms with E-state index in [0.29, 0.717) is 6.92 Å². The van der Waals surface area contributed by atoms with E-state index >= 15 is 0 Å². The third kappa shape index (κ3) is 4.34. The molecule has 0 unspecified atom stereocenters. The zero-order valence-corrected chi connectivity index (χ0v) is 16.3. The molecule has 1 fully saturated rings. The number of aromatic amines is 1. The van der Waals surface area contributed by atoms with Crippen molar-refractivity contribution in [3.8, 4) is 0 Å². The lowest BCUT2D eigenvalue weighted by molar-refractivity contribution is -0.137. The minimum Gasteiger partial charge on any atom is -0.481 e. The predicted octanol–water partition coefficient (Wildman–Crippen LogP) is 3.80. The summed E-state index contributed by atoms with van der Waals surface area (Å²) in [6, 6.07) is 0. The SMILES string of the molecule is [2H]C([2H])C([2H])([2H])C1(C([2H])([2H])C([2H])([2H])C(=O)O)C([2H])([2H])C([2H])([2H])C(C)(c2nc3c([nH]2)c(=O)n(C([2H])([2H])C([2H])([2H])C([2H])([2H])[2H])c(=O)n3CC([2H])([2H])C)C([2H])([2H])C1([2H])[2H]. The predicted molar refractivity (Wildman–Crippen MR) is 121 cm³/mol. The summed E-state index contributed by atoms with van der Waals surface area (Å²) in [6.07, 6.45) is -39.2. The highest BCUT2D eigenvalue weighted by Gasteiger charge is 2.42. The smallest absolute Gasteiger partial charge is 0.332 e. The second-order valence-electron chi connectivity index (χ2n) is 6.46. The van der Waals surface area contributed by atoms with Crippen LogP contribution in [0.4, 0.5) is 0 Å². The van der Waals surface area contributed by atoms with E-state index < -0.39 is 134 Å². The summed E-state index contributed by atoms with van der Waals surface area (Å²) in [5.41, 5.74) is -15.1. The third-order valence-corrected chi connectivity index (χ3v) is 4.31. The molecule has 2 aromatic heterocycles. The average molecular weight is 458 g/mol. The molecule has 1 aliphatic rings. The third-order valence-electron chi connectivity index (χ3n) is 4.31. The summed E-state index contributed by atoms with van der Waals surface area (Å²) >= 11 is 0. The monoisotopic (exact) mass is 457 g/mol. The Morgan fingerprint density at radius 3 is 2.65 bits per heavy atom. The van der Waals surface area contributed by atoms with Crippen molar-refractivity contribution in [3.05, 3.63) is 26.7 Å². The fourth-order valence-electron chi connectivity index (χ4n) is 2.75. The quantitative estimate of drug-likeness (QED) is 0.595. The lowest BCUT2D eigenvalue weighted by Crippen LogP contribution is -2.40. The number of carboxylic acid groups (broad SMARTS) is 1. The summed E-state index contributed by atoms with van der Waals surface area (Å²) in [7, 11) is 0. The fraction of sp³-hybridized carbons (Fsp3) is 0.739. The molecule has 2 N–H and O–H groups in total. The van der Waals surface area contributed by atoms with Crippen LogP contribution in [0.15, 0.2) is 9.59 Å². The van der Waals surface area contributed by atoms with E-state index in [0.717, 1.165) is 6.92 Å². The molecular formula is C23H36N4O4. The Morgan fingerprint density at radius 1 is 1.29 bits per heavy atom. The van der Waals surface area contributed by atoms with Crippen molar-refractivity contribution in [2.45, 2.75) is 103 Å². The van der Waals surface area contributed by atoms with E-state index in [-0.39, 0.29) is 4.57 Å². The number of hydrogen-bond donors (Lipinski definition) is 2. The molecule has 2 aromatic rings. The van der Waals surface area contributed by atoms with Crippen molar-refractivity contribution >= 4 is 17.1 Å².